The number of rotatable bonds is 5. The number of anilines is 1. The fraction of sp³-hybridized carbons (Fsp3) is 0.684. The van der Waals surface area contributed by atoms with Gasteiger partial charge in [0.1, 0.15) is 0 Å². The molecule has 0 spiro atoms. The molecule has 0 amide bonds. The minimum atomic E-state index is 0.221. The number of benzene rings is 1. The van der Waals surface area contributed by atoms with Crippen molar-refractivity contribution in [2.24, 2.45) is 0 Å². The lowest BCUT2D eigenvalue weighted by atomic mass is 9.87. The van der Waals surface area contributed by atoms with Gasteiger partial charge in [-0.1, -0.05) is 32.9 Å². The molecule has 1 saturated heterocycles. The van der Waals surface area contributed by atoms with E-state index in [1.54, 1.807) is 0 Å². The van der Waals surface area contributed by atoms with Gasteiger partial charge in [-0.3, -0.25) is 0 Å². The molecule has 1 unspecified atom stereocenters. The second-order valence-electron chi connectivity index (χ2n) is 7.64. The van der Waals surface area contributed by atoms with E-state index in [0.717, 1.165) is 19.5 Å². The third-order valence-electron chi connectivity index (χ3n) is 4.68. The van der Waals surface area contributed by atoms with Crippen molar-refractivity contribution in [3.8, 4) is 0 Å². The van der Waals surface area contributed by atoms with Crippen LogP contribution in [0.15, 0.2) is 24.3 Å². The van der Waals surface area contributed by atoms with Crippen LogP contribution in [0, 0.1) is 0 Å². The Morgan fingerprint density at radius 3 is 2.27 bits per heavy atom. The number of aliphatic hydroxyl groups excluding tert-OH is 1. The smallest absolute Gasteiger partial charge is 0.0445 e. The van der Waals surface area contributed by atoms with Crippen molar-refractivity contribution >= 4 is 5.69 Å². The summed E-state index contributed by atoms with van der Waals surface area (Å²) in [5, 5.41) is 12.6. The summed E-state index contributed by atoms with van der Waals surface area (Å²) in [5.41, 5.74) is 2.96. The summed E-state index contributed by atoms with van der Waals surface area (Å²) in [5.74, 6) is 0. The quantitative estimate of drug-likeness (QED) is 0.876. The molecule has 0 aliphatic carbocycles. The average molecular weight is 304 g/mol. The molecule has 0 bridgehead atoms. The molecule has 3 nitrogen and oxygen atoms in total. The number of aliphatic hydroxyl groups is 1. The first-order chi connectivity index (χ1) is 10.4. The Bertz CT molecular complexity index is 441. The normalized spacial score (nSPS) is 18.5. The van der Waals surface area contributed by atoms with Crippen LogP contribution in [0.25, 0.3) is 0 Å². The molecule has 1 aromatic carbocycles. The highest BCUT2D eigenvalue weighted by Gasteiger charge is 2.21. The predicted molar refractivity (Wildman–Crippen MR) is 94.7 cm³/mol. The SMILES string of the molecule is CC(CCO)NC1CCN(c2ccc(C(C)(C)C)cc2)CC1. The third kappa shape index (κ3) is 4.72. The lowest BCUT2D eigenvalue weighted by Crippen LogP contribution is -2.45. The van der Waals surface area contributed by atoms with E-state index in [2.05, 4.69) is 62.2 Å². The molecular weight excluding hydrogens is 272 g/mol. The van der Waals surface area contributed by atoms with Crippen LogP contribution < -0.4 is 10.2 Å². The zero-order chi connectivity index (χ0) is 16.2. The molecule has 124 valence electrons. The summed E-state index contributed by atoms with van der Waals surface area (Å²) in [6.45, 7) is 11.4. The largest absolute Gasteiger partial charge is 0.396 e. The molecule has 0 saturated carbocycles. The maximum Gasteiger partial charge on any atom is 0.0445 e. The van der Waals surface area contributed by atoms with Gasteiger partial charge in [0.25, 0.3) is 0 Å². The average Bonchev–Trinajstić information content (AvgIpc) is 2.47. The topological polar surface area (TPSA) is 35.5 Å². The lowest BCUT2D eigenvalue weighted by Gasteiger charge is -2.35. The van der Waals surface area contributed by atoms with Crippen LogP contribution in [0.2, 0.25) is 0 Å². The van der Waals surface area contributed by atoms with Crippen LogP contribution in [0.3, 0.4) is 0 Å². The minimum absolute atomic E-state index is 0.221. The lowest BCUT2D eigenvalue weighted by molar-refractivity contribution is 0.257. The van der Waals surface area contributed by atoms with Crippen LogP contribution in [0.5, 0.6) is 0 Å². The van der Waals surface area contributed by atoms with Gasteiger partial charge in [-0.2, -0.15) is 0 Å². The first kappa shape index (κ1) is 17.3. The number of piperidine rings is 1. The first-order valence-electron chi connectivity index (χ1n) is 8.62. The van der Waals surface area contributed by atoms with E-state index in [1.807, 2.05) is 0 Å². The fourth-order valence-electron chi connectivity index (χ4n) is 3.16. The third-order valence-corrected chi connectivity index (χ3v) is 4.68. The molecule has 3 heteroatoms. The molecule has 0 aromatic heterocycles. The van der Waals surface area contributed by atoms with E-state index >= 15 is 0 Å². The Morgan fingerprint density at radius 1 is 1.18 bits per heavy atom. The molecule has 1 aromatic rings. The van der Waals surface area contributed by atoms with E-state index in [-0.39, 0.29) is 12.0 Å². The van der Waals surface area contributed by atoms with Crippen molar-refractivity contribution in [2.75, 3.05) is 24.6 Å². The highest BCUT2D eigenvalue weighted by Crippen LogP contribution is 2.26. The van der Waals surface area contributed by atoms with Gasteiger partial charge in [0, 0.05) is 37.5 Å². The van der Waals surface area contributed by atoms with Gasteiger partial charge in [-0.05, 0) is 49.3 Å². The Kier molecular flexibility index (Phi) is 5.87. The number of nitrogens with one attached hydrogen (secondary N) is 1. The van der Waals surface area contributed by atoms with Crippen molar-refractivity contribution in [1.82, 2.24) is 5.32 Å². The highest BCUT2D eigenvalue weighted by molar-refractivity contribution is 5.49. The summed E-state index contributed by atoms with van der Waals surface area (Å²) in [6.07, 6.45) is 3.20. The zero-order valence-corrected chi connectivity index (χ0v) is 14.6. The molecule has 22 heavy (non-hydrogen) atoms. The number of hydrogen-bond acceptors (Lipinski definition) is 3. The molecule has 2 N–H and O–H groups in total. The maximum atomic E-state index is 8.99. The molecule has 1 fully saturated rings. The number of nitrogens with zero attached hydrogens (tertiary/aromatic N) is 1. The maximum absolute atomic E-state index is 8.99. The number of hydrogen-bond donors (Lipinski definition) is 2. The first-order valence-corrected chi connectivity index (χ1v) is 8.62. The Morgan fingerprint density at radius 2 is 1.77 bits per heavy atom. The van der Waals surface area contributed by atoms with E-state index in [0.29, 0.717) is 12.1 Å². The van der Waals surface area contributed by atoms with Gasteiger partial charge >= 0.3 is 0 Å². The van der Waals surface area contributed by atoms with Gasteiger partial charge in [-0.15, -0.1) is 0 Å². The minimum Gasteiger partial charge on any atom is -0.396 e. The van der Waals surface area contributed by atoms with Gasteiger partial charge in [0.15, 0.2) is 0 Å². The zero-order valence-electron chi connectivity index (χ0n) is 14.6. The van der Waals surface area contributed by atoms with Crippen molar-refractivity contribution in [3.63, 3.8) is 0 Å². The predicted octanol–water partition coefficient (Wildman–Crippen LogP) is 3.31. The van der Waals surface area contributed by atoms with Crippen molar-refractivity contribution < 1.29 is 5.11 Å². The van der Waals surface area contributed by atoms with Gasteiger partial charge in [0.05, 0.1) is 0 Å². The summed E-state index contributed by atoms with van der Waals surface area (Å²) < 4.78 is 0. The second-order valence-corrected chi connectivity index (χ2v) is 7.64. The molecule has 1 aliphatic heterocycles. The van der Waals surface area contributed by atoms with Crippen LogP contribution in [0.1, 0.15) is 52.5 Å². The van der Waals surface area contributed by atoms with E-state index in [4.69, 9.17) is 5.11 Å². The molecule has 0 radical (unpaired) electrons. The summed E-state index contributed by atoms with van der Waals surface area (Å²) in [4.78, 5) is 2.49. The van der Waals surface area contributed by atoms with Gasteiger partial charge < -0.3 is 15.3 Å². The van der Waals surface area contributed by atoms with Crippen molar-refractivity contribution in [3.05, 3.63) is 29.8 Å². The Labute approximate surface area is 135 Å². The van der Waals surface area contributed by atoms with Crippen LogP contribution >= 0.6 is 0 Å². The second kappa shape index (κ2) is 7.47. The van der Waals surface area contributed by atoms with E-state index in [9.17, 15) is 0 Å². The summed E-state index contributed by atoms with van der Waals surface area (Å²) in [6, 6.07) is 10.1. The summed E-state index contributed by atoms with van der Waals surface area (Å²) in [7, 11) is 0. The monoisotopic (exact) mass is 304 g/mol. The van der Waals surface area contributed by atoms with Gasteiger partial charge in [0.2, 0.25) is 0 Å². The molecule has 1 aliphatic rings. The van der Waals surface area contributed by atoms with Crippen molar-refractivity contribution in [1.29, 1.82) is 0 Å². The fourth-order valence-corrected chi connectivity index (χ4v) is 3.16. The highest BCUT2D eigenvalue weighted by atomic mass is 16.3. The Balaban J connectivity index is 1.86. The van der Waals surface area contributed by atoms with Crippen LogP contribution in [0.4, 0.5) is 5.69 Å². The molecular formula is C19H32N2O. The van der Waals surface area contributed by atoms with E-state index in [1.165, 1.54) is 24.1 Å². The van der Waals surface area contributed by atoms with Crippen LogP contribution in [-0.4, -0.2) is 36.9 Å². The van der Waals surface area contributed by atoms with Gasteiger partial charge in [-0.25, -0.2) is 0 Å². The van der Waals surface area contributed by atoms with E-state index < -0.39 is 0 Å². The molecule has 2 rings (SSSR count). The van der Waals surface area contributed by atoms with Crippen molar-refractivity contribution in [2.45, 2.75) is 64.5 Å². The Hall–Kier alpha value is -1.06. The summed E-state index contributed by atoms with van der Waals surface area (Å²) >= 11 is 0. The standard InChI is InChI=1S/C19H32N2O/c1-15(11-14-22)20-17-9-12-21(13-10-17)18-7-5-16(6-8-18)19(2,3)4/h5-8,15,17,20,22H,9-14H2,1-4H3. The molecule has 1 heterocycles. The molecule has 1 atom stereocenters. The van der Waals surface area contributed by atoms with Crippen LogP contribution in [-0.2, 0) is 5.41 Å².